The van der Waals surface area contributed by atoms with E-state index in [1.807, 2.05) is 17.0 Å². The van der Waals surface area contributed by atoms with Crippen molar-refractivity contribution in [1.82, 2.24) is 15.2 Å². The number of amides is 1. The second-order valence-electron chi connectivity index (χ2n) is 8.41. The second kappa shape index (κ2) is 8.95. The Balaban J connectivity index is 1.33. The fourth-order valence-corrected chi connectivity index (χ4v) is 4.86. The zero-order chi connectivity index (χ0) is 20.1. The summed E-state index contributed by atoms with van der Waals surface area (Å²) in [5.41, 5.74) is 2.34. The van der Waals surface area contributed by atoms with Gasteiger partial charge in [-0.3, -0.25) is 9.78 Å². The number of nitrogens with zero attached hydrogens (tertiary/aromatic N) is 2. The molecule has 154 valence electrons. The third-order valence-corrected chi connectivity index (χ3v) is 6.68. The minimum atomic E-state index is 0.0991. The minimum absolute atomic E-state index is 0.0991. The molecule has 0 radical (unpaired) electrons. The summed E-state index contributed by atoms with van der Waals surface area (Å²) >= 11 is 0. The summed E-state index contributed by atoms with van der Waals surface area (Å²) in [6, 6.07) is 12.8. The average molecular weight is 394 g/mol. The number of hydrogen-bond acceptors (Lipinski definition) is 4. The number of carbonyl (C=O) groups is 1. The van der Waals surface area contributed by atoms with Crippen molar-refractivity contribution in [3.63, 3.8) is 0 Å². The van der Waals surface area contributed by atoms with Gasteiger partial charge in [0, 0.05) is 43.5 Å². The number of pyridine rings is 1. The predicted octanol–water partition coefficient (Wildman–Crippen LogP) is 3.80. The molecule has 1 aliphatic heterocycles. The van der Waals surface area contributed by atoms with Gasteiger partial charge in [-0.15, -0.1) is 0 Å². The minimum Gasteiger partial charge on any atom is -0.497 e. The SMILES string of the molecule is COc1ccc(C2(CNC3CCN(C(=O)c4cccnc4)CC3)CCCC2)cc1. The molecule has 2 heterocycles. The Kier molecular flexibility index (Phi) is 6.14. The van der Waals surface area contributed by atoms with Crippen molar-refractivity contribution in [3.05, 3.63) is 59.9 Å². The van der Waals surface area contributed by atoms with Gasteiger partial charge >= 0.3 is 0 Å². The maximum absolute atomic E-state index is 12.6. The zero-order valence-corrected chi connectivity index (χ0v) is 17.3. The molecule has 1 saturated carbocycles. The standard InChI is InChI=1S/C24H31N3O2/c1-29-22-8-6-20(7-9-22)24(12-2-3-13-24)18-26-21-10-15-27(16-11-21)23(28)19-5-4-14-25-17-19/h4-9,14,17,21,26H,2-3,10-13,15-16,18H2,1H3. The predicted molar refractivity (Wildman–Crippen MR) is 114 cm³/mol. The molecule has 1 aliphatic carbocycles. The molecule has 4 rings (SSSR count). The highest BCUT2D eigenvalue weighted by Gasteiger charge is 2.36. The lowest BCUT2D eigenvalue weighted by Gasteiger charge is -2.36. The van der Waals surface area contributed by atoms with Crippen molar-refractivity contribution in [2.75, 3.05) is 26.7 Å². The Hall–Kier alpha value is -2.40. The summed E-state index contributed by atoms with van der Waals surface area (Å²) in [5, 5.41) is 3.85. The Morgan fingerprint density at radius 2 is 1.90 bits per heavy atom. The molecule has 5 heteroatoms. The number of hydrogen-bond donors (Lipinski definition) is 1. The van der Waals surface area contributed by atoms with Crippen LogP contribution in [0.4, 0.5) is 0 Å². The first kappa shape index (κ1) is 19.9. The van der Waals surface area contributed by atoms with Gasteiger partial charge < -0.3 is 15.0 Å². The number of ether oxygens (including phenoxy) is 1. The monoisotopic (exact) mass is 393 g/mol. The number of rotatable bonds is 6. The van der Waals surface area contributed by atoms with E-state index >= 15 is 0 Å². The molecular weight excluding hydrogens is 362 g/mol. The van der Waals surface area contributed by atoms with Crippen molar-refractivity contribution in [1.29, 1.82) is 0 Å². The van der Waals surface area contributed by atoms with E-state index < -0.39 is 0 Å². The van der Waals surface area contributed by atoms with Crippen LogP contribution in [0.15, 0.2) is 48.8 Å². The van der Waals surface area contributed by atoms with Crippen LogP contribution in [0.1, 0.15) is 54.4 Å². The molecule has 0 unspecified atom stereocenters. The molecule has 1 aromatic carbocycles. The summed E-state index contributed by atoms with van der Waals surface area (Å²) in [6.45, 7) is 2.63. The van der Waals surface area contributed by atoms with Crippen LogP contribution in [0.25, 0.3) is 0 Å². The summed E-state index contributed by atoms with van der Waals surface area (Å²) in [6.07, 6.45) is 10.4. The summed E-state index contributed by atoms with van der Waals surface area (Å²) < 4.78 is 5.33. The van der Waals surface area contributed by atoms with Crippen molar-refractivity contribution >= 4 is 5.91 Å². The van der Waals surface area contributed by atoms with E-state index in [0.29, 0.717) is 11.6 Å². The number of piperidine rings is 1. The largest absolute Gasteiger partial charge is 0.497 e. The lowest BCUT2D eigenvalue weighted by molar-refractivity contribution is 0.0702. The lowest BCUT2D eigenvalue weighted by atomic mass is 9.78. The van der Waals surface area contributed by atoms with Crippen LogP contribution in [-0.4, -0.2) is 48.6 Å². The van der Waals surface area contributed by atoms with Crippen LogP contribution in [0.3, 0.4) is 0 Å². The van der Waals surface area contributed by atoms with E-state index in [1.54, 1.807) is 19.5 Å². The van der Waals surface area contributed by atoms with Crippen molar-refractivity contribution in [2.24, 2.45) is 0 Å². The topological polar surface area (TPSA) is 54.5 Å². The average Bonchev–Trinajstić information content (AvgIpc) is 3.28. The molecule has 5 nitrogen and oxygen atoms in total. The first-order chi connectivity index (χ1) is 14.2. The van der Waals surface area contributed by atoms with E-state index in [0.717, 1.165) is 38.2 Å². The van der Waals surface area contributed by atoms with Crippen LogP contribution in [0, 0.1) is 0 Å². The van der Waals surface area contributed by atoms with Gasteiger partial charge in [0.25, 0.3) is 5.91 Å². The van der Waals surface area contributed by atoms with E-state index in [9.17, 15) is 4.79 Å². The molecule has 1 aromatic heterocycles. The first-order valence-corrected chi connectivity index (χ1v) is 10.8. The number of nitrogens with one attached hydrogen (secondary N) is 1. The molecule has 0 bridgehead atoms. The van der Waals surface area contributed by atoms with Crippen LogP contribution in [-0.2, 0) is 5.41 Å². The fourth-order valence-electron chi connectivity index (χ4n) is 4.86. The summed E-state index contributed by atoms with van der Waals surface area (Å²) in [5.74, 6) is 1.02. The number of methoxy groups -OCH3 is 1. The third-order valence-electron chi connectivity index (χ3n) is 6.68. The maximum Gasteiger partial charge on any atom is 0.255 e. The Morgan fingerprint density at radius 3 is 2.52 bits per heavy atom. The Bertz CT molecular complexity index is 793. The van der Waals surface area contributed by atoms with Crippen molar-refractivity contribution in [2.45, 2.75) is 50.0 Å². The maximum atomic E-state index is 12.6. The zero-order valence-electron chi connectivity index (χ0n) is 17.3. The molecule has 1 N–H and O–H groups in total. The number of benzene rings is 1. The summed E-state index contributed by atoms with van der Waals surface area (Å²) in [7, 11) is 1.72. The smallest absolute Gasteiger partial charge is 0.255 e. The van der Waals surface area contributed by atoms with E-state index in [1.165, 1.54) is 31.2 Å². The highest BCUT2D eigenvalue weighted by molar-refractivity contribution is 5.93. The van der Waals surface area contributed by atoms with Gasteiger partial charge in [-0.2, -0.15) is 0 Å². The van der Waals surface area contributed by atoms with Gasteiger partial charge in [0.1, 0.15) is 5.75 Å². The van der Waals surface area contributed by atoms with Gasteiger partial charge in [0.15, 0.2) is 0 Å². The van der Waals surface area contributed by atoms with Crippen LogP contribution in [0.5, 0.6) is 5.75 Å². The highest BCUT2D eigenvalue weighted by atomic mass is 16.5. The molecule has 1 saturated heterocycles. The summed E-state index contributed by atoms with van der Waals surface area (Å²) in [4.78, 5) is 18.6. The Morgan fingerprint density at radius 1 is 1.17 bits per heavy atom. The van der Waals surface area contributed by atoms with Gasteiger partial charge in [-0.05, 0) is 55.5 Å². The van der Waals surface area contributed by atoms with E-state index in [2.05, 4.69) is 34.6 Å². The van der Waals surface area contributed by atoms with Gasteiger partial charge in [0.2, 0.25) is 0 Å². The van der Waals surface area contributed by atoms with Gasteiger partial charge in [-0.25, -0.2) is 0 Å². The van der Waals surface area contributed by atoms with Crippen molar-refractivity contribution < 1.29 is 9.53 Å². The molecular formula is C24H31N3O2. The van der Waals surface area contributed by atoms with E-state index in [4.69, 9.17) is 4.74 Å². The van der Waals surface area contributed by atoms with Crippen LogP contribution < -0.4 is 10.1 Å². The molecule has 2 aliphatic rings. The highest BCUT2D eigenvalue weighted by Crippen LogP contribution is 2.41. The fraction of sp³-hybridized carbons (Fsp3) is 0.500. The Labute approximate surface area is 173 Å². The molecule has 1 amide bonds. The van der Waals surface area contributed by atoms with Crippen molar-refractivity contribution in [3.8, 4) is 5.75 Å². The first-order valence-electron chi connectivity index (χ1n) is 10.8. The normalized spacial score (nSPS) is 19.3. The lowest BCUT2D eigenvalue weighted by Crippen LogP contribution is -2.48. The molecule has 2 aromatic rings. The van der Waals surface area contributed by atoms with Crippen LogP contribution >= 0.6 is 0 Å². The number of likely N-dealkylation sites (tertiary alicyclic amines) is 1. The van der Waals surface area contributed by atoms with E-state index in [-0.39, 0.29) is 11.3 Å². The number of aromatic nitrogens is 1. The van der Waals surface area contributed by atoms with Gasteiger partial charge in [-0.1, -0.05) is 25.0 Å². The van der Waals surface area contributed by atoms with Gasteiger partial charge in [0.05, 0.1) is 12.7 Å². The number of carbonyl (C=O) groups excluding carboxylic acids is 1. The molecule has 29 heavy (non-hydrogen) atoms. The second-order valence-corrected chi connectivity index (χ2v) is 8.41. The van der Waals surface area contributed by atoms with Crippen LogP contribution in [0.2, 0.25) is 0 Å². The quantitative estimate of drug-likeness (QED) is 0.811. The molecule has 2 fully saturated rings. The molecule has 0 spiro atoms. The molecule has 0 atom stereocenters. The third kappa shape index (κ3) is 4.45.